The molecule has 1 aliphatic rings. The molecule has 4 heteroatoms. The van der Waals surface area contributed by atoms with E-state index >= 15 is 0 Å². The lowest BCUT2D eigenvalue weighted by Gasteiger charge is -2.15. The summed E-state index contributed by atoms with van der Waals surface area (Å²) in [6.45, 7) is 0. The molecule has 0 heterocycles. The van der Waals surface area contributed by atoms with Gasteiger partial charge in [-0.2, -0.15) is 0 Å². The van der Waals surface area contributed by atoms with E-state index in [0.29, 0.717) is 5.56 Å². The highest BCUT2D eigenvalue weighted by molar-refractivity contribution is 5.85. The van der Waals surface area contributed by atoms with Crippen molar-refractivity contribution in [1.82, 2.24) is 0 Å². The monoisotopic (exact) mass is 278 g/mol. The molecule has 0 bridgehead atoms. The van der Waals surface area contributed by atoms with Crippen molar-refractivity contribution >= 4 is 11.8 Å². The number of hydrogen-bond donors (Lipinski definition) is 1. The van der Waals surface area contributed by atoms with E-state index in [2.05, 4.69) is 0 Å². The SMILES string of the molecule is O=C(O)C(CC(=O)C1CCCC1)Cc1ccccc1F. The van der Waals surface area contributed by atoms with Gasteiger partial charge in [-0.15, -0.1) is 0 Å². The first-order chi connectivity index (χ1) is 9.58. The van der Waals surface area contributed by atoms with Crippen LogP contribution in [0.4, 0.5) is 4.39 Å². The third-order valence-electron chi connectivity index (χ3n) is 4.03. The zero-order valence-corrected chi connectivity index (χ0v) is 11.3. The van der Waals surface area contributed by atoms with Crippen molar-refractivity contribution in [3.63, 3.8) is 0 Å². The molecule has 108 valence electrons. The molecule has 0 amide bonds. The number of benzene rings is 1. The molecule has 1 atom stereocenters. The van der Waals surface area contributed by atoms with Crippen molar-refractivity contribution in [2.45, 2.75) is 38.5 Å². The van der Waals surface area contributed by atoms with Gasteiger partial charge in [-0.25, -0.2) is 4.39 Å². The van der Waals surface area contributed by atoms with Crippen LogP contribution in [0.15, 0.2) is 24.3 Å². The summed E-state index contributed by atoms with van der Waals surface area (Å²) in [5.74, 6) is -2.24. The summed E-state index contributed by atoms with van der Waals surface area (Å²) < 4.78 is 13.6. The maximum atomic E-state index is 13.6. The Kier molecular flexibility index (Phi) is 4.88. The summed E-state index contributed by atoms with van der Waals surface area (Å²) in [5, 5.41) is 9.24. The Hall–Kier alpha value is -1.71. The number of aliphatic carboxylic acids is 1. The molecule has 20 heavy (non-hydrogen) atoms. The number of carboxylic acids is 1. The van der Waals surface area contributed by atoms with E-state index in [1.807, 2.05) is 0 Å². The summed E-state index contributed by atoms with van der Waals surface area (Å²) in [4.78, 5) is 23.4. The van der Waals surface area contributed by atoms with Crippen LogP contribution >= 0.6 is 0 Å². The van der Waals surface area contributed by atoms with Gasteiger partial charge >= 0.3 is 5.97 Å². The molecule has 1 aromatic carbocycles. The molecular weight excluding hydrogens is 259 g/mol. The number of Topliss-reactive ketones (excluding diaryl/α,β-unsaturated/α-hetero) is 1. The molecule has 0 spiro atoms. The second-order valence-corrected chi connectivity index (χ2v) is 5.48. The molecule has 0 aliphatic heterocycles. The van der Waals surface area contributed by atoms with Crippen LogP contribution in [0.5, 0.6) is 0 Å². The molecule has 1 aliphatic carbocycles. The standard InChI is InChI=1S/C16H19FO3/c17-14-8-4-3-7-12(14)9-13(16(19)20)10-15(18)11-5-1-2-6-11/h3-4,7-8,11,13H,1-2,5-6,9-10H2,(H,19,20). The fourth-order valence-electron chi connectivity index (χ4n) is 2.83. The molecule has 3 nitrogen and oxygen atoms in total. The summed E-state index contributed by atoms with van der Waals surface area (Å²) >= 11 is 0. The number of carbonyl (C=O) groups excluding carboxylic acids is 1. The molecule has 1 saturated carbocycles. The Balaban J connectivity index is 2.02. The van der Waals surface area contributed by atoms with Crippen LogP contribution in [0.1, 0.15) is 37.7 Å². The summed E-state index contributed by atoms with van der Waals surface area (Å²) in [6, 6.07) is 6.13. The number of rotatable bonds is 6. The predicted molar refractivity (Wildman–Crippen MR) is 72.8 cm³/mol. The van der Waals surface area contributed by atoms with E-state index in [1.54, 1.807) is 18.2 Å². The van der Waals surface area contributed by atoms with E-state index < -0.39 is 17.7 Å². The summed E-state index contributed by atoms with van der Waals surface area (Å²) in [6.07, 6.45) is 3.90. The minimum absolute atomic E-state index is 0.00827. The molecule has 2 rings (SSSR count). The zero-order valence-electron chi connectivity index (χ0n) is 11.3. The molecule has 1 aromatic rings. The quantitative estimate of drug-likeness (QED) is 0.869. The molecular formula is C16H19FO3. The van der Waals surface area contributed by atoms with Crippen LogP contribution in [-0.2, 0) is 16.0 Å². The van der Waals surface area contributed by atoms with Crippen LogP contribution in [0.3, 0.4) is 0 Å². The minimum Gasteiger partial charge on any atom is -0.481 e. The third kappa shape index (κ3) is 3.65. The Labute approximate surface area is 117 Å². The molecule has 0 aromatic heterocycles. The van der Waals surface area contributed by atoms with Crippen LogP contribution in [0, 0.1) is 17.7 Å². The van der Waals surface area contributed by atoms with Gasteiger partial charge in [0.05, 0.1) is 5.92 Å². The fraction of sp³-hybridized carbons (Fsp3) is 0.500. The van der Waals surface area contributed by atoms with E-state index in [9.17, 15) is 19.1 Å². The minimum atomic E-state index is -1.03. The number of ketones is 1. The fourth-order valence-corrected chi connectivity index (χ4v) is 2.83. The van der Waals surface area contributed by atoms with Gasteiger partial charge in [0, 0.05) is 12.3 Å². The lowest BCUT2D eigenvalue weighted by Crippen LogP contribution is -2.23. The van der Waals surface area contributed by atoms with Crippen molar-refractivity contribution in [3.8, 4) is 0 Å². The normalized spacial score (nSPS) is 17.1. The third-order valence-corrected chi connectivity index (χ3v) is 4.03. The van der Waals surface area contributed by atoms with Crippen molar-refractivity contribution in [3.05, 3.63) is 35.6 Å². The van der Waals surface area contributed by atoms with Gasteiger partial charge in [0.15, 0.2) is 0 Å². The van der Waals surface area contributed by atoms with Crippen LogP contribution in [0.25, 0.3) is 0 Å². The van der Waals surface area contributed by atoms with Crippen molar-refractivity contribution in [2.75, 3.05) is 0 Å². The highest BCUT2D eigenvalue weighted by Gasteiger charge is 2.28. The second-order valence-electron chi connectivity index (χ2n) is 5.48. The van der Waals surface area contributed by atoms with Crippen LogP contribution in [0.2, 0.25) is 0 Å². The van der Waals surface area contributed by atoms with Gasteiger partial charge in [0.25, 0.3) is 0 Å². The lowest BCUT2D eigenvalue weighted by atomic mass is 9.89. The van der Waals surface area contributed by atoms with Crippen molar-refractivity contribution < 1.29 is 19.1 Å². The van der Waals surface area contributed by atoms with Crippen molar-refractivity contribution in [1.29, 1.82) is 0 Å². The molecule has 1 unspecified atom stereocenters. The average Bonchev–Trinajstić information content (AvgIpc) is 2.94. The first-order valence-corrected chi connectivity index (χ1v) is 7.07. The Bertz CT molecular complexity index is 492. The zero-order chi connectivity index (χ0) is 14.5. The largest absolute Gasteiger partial charge is 0.481 e. The predicted octanol–water partition coefficient (Wildman–Crippen LogP) is 3.22. The summed E-state index contributed by atoms with van der Waals surface area (Å²) in [5.41, 5.74) is 0.360. The van der Waals surface area contributed by atoms with Gasteiger partial charge < -0.3 is 5.11 Å². The van der Waals surface area contributed by atoms with Gasteiger partial charge in [-0.05, 0) is 30.9 Å². The lowest BCUT2D eigenvalue weighted by molar-refractivity contribution is -0.144. The highest BCUT2D eigenvalue weighted by atomic mass is 19.1. The van der Waals surface area contributed by atoms with E-state index in [0.717, 1.165) is 25.7 Å². The Morgan fingerprint density at radius 2 is 1.90 bits per heavy atom. The number of carbonyl (C=O) groups is 2. The van der Waals surface area contributed by atoms with Crippen molar-refractivity contribution in [2.24, 2.45) is 11.8 Å². The topological polar surface area (TPSA) is 54.4 Å². The van der Waals surface area contributed by atoms with E-state index in [1.165, 1.54) is 6.07 Å². The second kappa shape index (κ2) is 6.64. The molecule has 0 radical (unpaired) electrons. The Morgan fingerprint density at radius 3 is 2.50 bits per heavy atom. The highest BCUT2D eigenvalue weighted by Crippen LogP contribution is 2.28. The van der Waals surface area contributed by atoms with E-state index in [4.69, 9.17) is 0 Å². The average molecular weight is 278 g/mol. The first kappa shape index (κ1) is 14.7. The molecule has 0 saturated heterocycles. The number of hydrogen-bond acceptors (Lipinski definition) is 2. The smallest absolute Gasteiger partial charge is 0.307 e. The molecule has 1 fully saturated rings. The maximum Gasteiger partial charge on any atom is 0.307 e. The van der Waals surface area contributed by atoms with Gasteiger partial charge in [-0.1, -0.05) is 31.0 Å². The number of halogens is 1. The van der Waals surface area contributed by atoms with Gasteiger partial charge in [0.2, 0.25) is 0 Å². The van der Waals surface area contributed by atoms with Crippen LogP contribution < -0.4 is 0 Å². The Morgan fingerprint density at radius 1 is 1.25 bits per heavy atom. The van der Waals surface area contributed by atoms with Gasteiger partial charge in [-0.3, -0.25) is 9.59 Å². The first-order valence-electron chi connectivity index (χ1n) is 7.07. The van der Waals surface area contributed by atoms with E-state index in [-0.39, 0.29) is 24.5 Å². The van der Waals surface area contributed by atoms with Gasteiger partial charge in [0.1, 0.15) is 11.6 Å². The van der Waals surface area contributed by atoms with Crippen LogP contribution in [-0.4, -0.2) is 16.9 Å². The maximum absolute atomic E-state index is 13.6. The molecule has 1 N–H and O–H groups in total. The number of carboxylic acid groups (broad SMARTS) is 1. The summed E-state index contributed by atoms with van der Waals surface area (Å²) in [7, 11) is 0.